The van der Waals surface area contributed by atoms with Crippen LogP contribution in [0.25, 0.3) is 0 Å². The van der Waals surface area contributed by atoms with E-state index in [9.17, 15) is 18.0 Å². The maximum absolute atomic E-state index is 12.8. The smallest absolute Gasteiger partial charge is 0.319 e. The summed E-state index contributed by atoms with van der Waals surface area (Å²) in [5.74, 6) is -0.506. The number of rotatable bonds is 8. The van der Waals surface area contributed by atoms with Gasteiger partial charge in [0.05, 0.1) is 16.1 Å². The average molecular weight is 485 g/mol. The molecule has 0 aromatic heterocycles. The lowest BCUT2D eigenvalue weighted by atomic mass is 10.1. The number of carbonyl (C=O) groups is 2. The van der Waals surface area contributed by atoms with Crippen LogP contribution < -0.4 is 20.7 Å². The van der Waals surface area contributed by atoms with Gasteiger partial charge in [-0.3, -0.25) is 9.52 Å². The second-order valence-corrected chi connectivity index (χ2v) is 8.88. The molecule has 3 rings (SSSR count). The predicted molar refractivity (Wildman–Crippen MR) is 130 cm³/mol. The van der Waals surface area contributed by atoms with Crippen LogP contribution in [-0.2, 0) is 10.0 Å². The minimum atomic E-state index is -3.92. The van der Waals surface area contributed by atoms with Gasteiger partial charge in [0.2, 0.25) is 0 Å². The van der Waals surface area contributed by atoms with E-state index in [1.807, 2.05) is 0 Å². The Morgan fingerprint density at radius 3 is 2.12 bits per heavy atom. The molecule has 0 heterocycles. The molecule has 0 atom stereocenters. The molecular weight excluding hydrogens is 464 g/mol. The Hall–Kier alpha value is -3.82. The Balaban J connectivity index is 1.72. The van der Waals surface area contributed by atoms with Crippen molar-refractivity contribution in [1.82, 2.24) is 5.32 Å². The van der Waals surface area contributed by atoms with E-state index in [1.165, 1.54) is 36.4 Å². The summed E-state index contributed by atoms with van der Waals surface area (Å²) < 4.78 is 27.9. The van der Waals surface area contributed by atoms with E-state index in [2.05, 4.69) is 27.3 Å². The van der Waals surface area contributed by atoms with Crippen LogP contribution in [0, 0.1) is 0 Å². The Labute approximate surface area is 196 Å². The molecule has 0 aliphatic heterocycles. The number of carbonyl (C=O) groups excluding carboxylic acids is 2. The first kappa shape index (κ1) is 23.8. The van der Waals surface area contributed by atoms with Crippen molar-refractivity contribution in [3.05, 3.63) is 96.0 Å². The molecule has 4 N–H and O–H groups in total. The molecule has 0 spiro atoms. The van der Waals surface area contributed by atoms with Gasteiger partial charge in [0.1, 0.15) is 0 Å². The second-order valence-electron chi connectivity index (χ2n) is 6.76. The summed E-state index contributed by atoms with van der Waals surface area (Å²) in [5, 5.41) is 8.36. The highest BCUT2D eigenvalue weighted by atomic mass is 35.5. The van der Waals surface area contributed by atoms with Crippen LogP contribution in [0.4, 0.5) is 21.9 Å². The van der Waals surface area contributed by atoms with Crippen LogP contribution in [-0.4, -0.2) is 26.9 Å². The zero-order chi connectivity index (χ0) is 23.8. The summed E-state index contributed by atoms with van der Waals surface area (Å²) in [5.41, 5.74) is 1.27. The number of benzene rings is 3. The largest absolute Gasteiger partial charge is 0.334 e. The van der Waals surface area contributed by atoms with Crippen molar-refractivity contribution >= 4 is 50.6 Å². The van der Waals surface area contributed by atoms with Crippen LogP contribution >= 0.6 is 11.6 Å². The van der Waals surface area contributed by atoms with Crippen molar-refractivity contribution in [3.63, 3.8) is 0 Å². The fourth-order valence-electron chi connectivity index (χ4n) is 2.76. The van der Waals surface area contributed by atoms with Crippen molar-refractivity contribution in [3.8, 4) is 0 Å². The number of urea groups is 1. The molecule has 0 aliphatic carbocycles. The SMILES string of the molecule is C=CCNC(=O)Nc1ccc(NC(=O)c2ccccc2NS(=O)(=O)c2ccc(Cl)cc2)cc1. The number of para-hydroxylation sites is 1. The van der Waals surface area contributed by atoms with Gasteiger partial charge in [-0.25, -0.2) is 13.2 Å². The van der Waals surface area contributed by atoms with Gasteiger partial charge in [-0.05, 0) is 60.7 Å². The number of sulfonamides is 1. The number of nitrogens with one attached hydrogen (secondary N) is 4. The fraction of sp³-hybridized carbons (Fsp3) is 0.0435. The molecule has 3 aromatic carbocycles. The summed E-state index contributed by atoms with van der Waals surface area (Å²) in [4.78, 5) is 24.5. The maximum atomic E-state index is 12.8. The van der Waals surface area contributed by atoms with Gasteiger partial charge in [-0.1, -0.05) is 29.8 Å². The standard InChI is InChI=1S/C23H21ClN4O4S/c1-2-15-25-23(30)27-18-11-9-17(10-12-18)26-22(29)20-5-3-4-6-21(20)28-33(31,32)19-13-7-16(24)8-14-19/h2-14,28H,1,15H2,(H,26,29)(H2,25,27,30). The fourth-order valence-corrected chi connectivity index (χ4v) is 3.97. The monoisotopic (exact) mass is 484 g/mol. The Morgan fingerprint density at radius 1 is 0.879 bits per heavy atom. The number of amides is 3. The van der Waals surface area contributed by atoms with E-state index in [-0.39, 0.29) is 22.2 Å². The molecule has 0 saturated carbocycles. The van der Waals surface area contributed by atoms with Crippen LogP contribution in [0.3, 0.4) is 0 Å². The van der Waals surface area contributed by atoms with E-state index in [4.69, 9.17) is 11.6 Å². The van der Waals surface area contributed by atoms with Gasteiger partial charge in [0.25, 0.3) is 15.9 Å². The van der Waals surface area contributed by atoms with Crippen molar-refractivity contribution in [2.24, 2.45) is 0 Å². The summed E-state index contributed by atoms with van der Waals surface area (Å²) in [6, 6.07) is 18.0. The molecule has 0 radical (unpaired) electrons. The maximum Gasteiger partial charge on any atom is 0.319 e. The number of hydrogen-bond acceptors (Lipinski definition) is 4. The first-order chi connectivity index (χ1) is 15.8. The minimum Gasteiger partial charge on any atom is -0.334 e. The lowest BCUT2D eigenvalue weighted by molar-refractivity contribution is 0.102. The summed E-state index contributed by atoms with van der Waals surface area (Å²) in [7, 11) is -3.92. The number of anilines is 3. The van der Waals surface area contributed by atoms with Crippen LogP contribution in [0.5, 0.6) is 0 Å². The second kappa shape index (κ2) is 10.7. The third-order valence-electron chi connectivity index (χ3n) is 4.35. The summed E-state index contributed by atoms with van der Waals surface area (Å²) in [6.45, 7) is 3.86. The molecule has 10 heteroatoms. The molecule has 8 nitrogen and oxygen atoms in total. The van der Waals surface area contributed by atoms with E-state index >= 15 is 0 Å². The molecule has 33 heavy (non-hydrogen) atoms. The van der Waals surface area contributed by atoms with Gasteiger partial charge in [0.15, 0.2) is 0 Å². The van der Waals surface area contributed by atoms with Gasteiger partial charge < -0.3 is 16.0 Å². The van der Waals surface area contributed by atoms with Crippen LogP contribution in [0.2, 0.25) is 5.02 Å². The Morgan fingerprint density at radius 2 is 1.48 bits per heavy atom. The third kappa shape index (κ3) is 6.58. The van der Waals surface area contributed by atoms with Gasteiger partial charge in [-0.15, -0.1) is 6.58 Å². The van der Waals surface area contributed by atoms with Gasteiger partial charge in [-0.2, -0.15) is 0 Å². The van der Waals surface area contributed by atoms with Gasteiger partial charge >= 0.3 is 6.03 Å². The lowest BCUT2D eigenvalue weighted by Crippen LogP contribution is -2.28. The number of hydrogen-bond donors (Lipinski definition) is 4. The van der Waals surface area contributed by atoms with Crippen molar-refractivity contribution in [1.29, 1.82) is 0 Å². The molecule has 0 aliphatic rings. The highest BCUT2D eigenvalue weighted by Crippen LogP contribution is 2.23. The van der Waals surface area contributed by atoms with E-state index in [1.54, 1.807) is 42.5 Å². The highest BCUT2D eigenvalue weighted by Gasteiger charge is 2.18. The molecule has 0 fully saturated rings. The predicted octanol–water partition coefficient (Wildman–Crippen LogP) is 4.70. The molecule has 0 saturated heterocycles. The summed E-state index contributed by atoms with van der Waals surface area (Å²) >= 11 is 5.82. The first-order valence-corrected chi connectivity index (χ1v) is 11.6. The number of halogens is 1. The molecule has 3 amide bonds. The van der Waals surface area contributed by atoms with Crippen molar-refractivity contribution in [2.75, 3.05) is 21.9 Å². The summed E-state index contributed by atoms with van der Waals surface area (Å²) in [6.07, 6.45) is 1.56. The van der Waals surface area contributed by atoms with E-state index in [0.29, 0.717) is 22.9 Å². The average Bonchev–Trinajstić information content (AvgIpc) is 2.79. The Bertz CT molecular complexity index is 1260. The molecule has 0 bridgehead atoms. The first-order valence-electron chi connectivity index (χ1n) is 9.73. The van der Waals surface area contributed by atoms with Gasteiger partial charge in [0, 0.05) is 22.9 Å². The highest BCUT2D eigenvalue weighted by molar-refractivity contribution is 7.92. The zero-order valence-electron chi connectivity index (χ0n) is 17.3. The lowest BCUT2D eigenvalue weighted by Gasteiger charge is -2.13. The van der Waals surface area contributed by atoms with Crippen LogP contribution in [0.15, 0.2) is 90.3 Å². The zero-order valence-corrected chi connectivity index (χ0v) is 18.9. The molecule has 3 aromatic rings. The molecule has 0 unspecified atom stereocenters. The molecule has 170 valence electrons. The minimum absolute atomic E-state index is 0.0160. The third-order valence-corrected chi connectivity index (χ3v) is 5.98. The Kier molecular flexibility index (Phi) is 7.70. The van der Waals surface area contributed by atoms with Crippen molar-refractivity contribution in [2.45, 2.75) is 4.90 Å². The van der Waals surface area contributed by atoms with Crippen molar-refractivity contribution < 1.29 is 18.0 Å². The quantitative estimate of drug-likeness (QED) is 0.347. The molecular formula is C23H21ClN4O4S. The topological polar surface area (TPSA) is 116 Å². The normalized spacial score (nSPS) is 10.7. The van der Waals surface area contributed by atoms with E-state index in [0.717, 1.165) is 0 Å². The van der Waals surface area contributed by atoms with E-state index < -0.39 is 15.9 Å². The van der Waals surface area contributed by atoms with Crippen LogP contribution in [0.1, 0.15) is 10.4 Å².